The lowest BCUT2D eigenvalue weighted by Crippen LogP contribution is -2.41. The third kappa shape index (κ3) is 3.47. The summed E-state index contributed by atoms with van der Waals surface area (Å²) in [5.41, 5.74) is 0. The largest absolute Gasteiger partial charge is 0.481 e. The van der Waals surface area contributed by atoms with Gasteiger partial charge < -0.3 is 15.5 Å². The van der Waals surface area contributed by atoms with Crippen LogP contribution in [0.3, 0.4) is 0 Å². The normalized spacial score (nSPS) is 35.0. The summed E-state index contributed by atoms with van der Waals surface area (Å²) in [5.74, 6) is -1.81. The summed E-state index contributed by atoms with van der Waals surface area (Å²) >= 11 is 0. The third-order valence-corrected chi connectivity index (χ3v) is 4.58. The lowest BCUT2D eigenvalue weighted by Gasteiger charge is -2.28. The molecule has 5 heteroatoms. The van der Waals surface area contributed by atoms with Gasteiger partial charge >= 0.3 is 5.97 Å². The van der Waals surface area contributed by atoms with Crippen molar-refractivity contribution in [3.63, 3.8) is 0 Å². The van der Waals surface area contributed by atoms with Gasteiger partial charge in [0, 0.05) is 12.5 Å². The second kappa shape index (κ2) is 6.37. The topological polar surface area (TPSA) is 86.6 Å². The molecule has 4 unspecified atom stereocenters. The zero-order valence-electron chi connectivity index (χ0n) is 11.2. The average molecular weight is 269 g/mol. The van der Waals surface area contributed by atoms with Crippen molar-refractivity contribution in [1.29, 1.82) is 0 Å². The van der Waals surface area contributed by atoms with Crippen LogP contribution in [0.1, 0.15) is 44.9 Å². The van der Waals surface area contributed by atoms with Gasteiger partial charge in [0.05, 0.1) is 17.9 Å². The van der Waals surface area contributed by atoms with Crippen LogP contribution in [-0.2, 0) is 9.59 Å². The van der Waals surface area contributed by atoms with Crippen LogP contribution in [0.4, 0.5) is 0 Å². The summed E-state index contributed by atoms with van der Waals surface area (Å²) in [6.45, 7) is 0.475. The summed E-state index contributed by atoms with van der Waals surface area (Å²) in [6.07, 6.45) is 5.63. The highest BCUT2D eigenvalue weighted by atomic mass is 16.4. The minimum Gasteiger partial charge on any atom is -0.481 e. The van der Waals surface area contributed by atoms with Crippen LogP contribution >= 0.6 is 0 Å². The molecule has 2 saturated carbocycles. The molecule has 1 amide bonds. The molecule has 108 valence electrons. The SMILES string of the molecule is O=C(O)C1CCCC1C(=O)NCC1CCCCC1O. The van der Waals surface area contributed by atoms with Gasteiger partial charge in [-0.05, 0) is 25.7 Å². The second-order valence-corrected chi connectivity index (χ2v) is 5.84. The molecule has 19 heavy (non-hydrogen) atoms. The van der Waals surface area contributed by atoms with Gasteiger partial charge in [0.25, 0.3) is 0 Å². The summed E-state index contributed by atoms with van der Waals surface area (Å²) in [7, 11) is 0. The number of carboxylic acids is 1. The second-order valence-electron chi connectivity index (χ2n) is 5.84. The van der Waals surface area contributed by atoms with Gasteiger partial charge in [0.15, 0.2) is 0 Å². The first kappa shape index (κ1) is 14.3. The highest BCUT2D eigenvalue weighted by Crippen LogP contribution is 2.32. The fourth-order valence-corrected chi connectivity index (χ4v) is 3.36. The zero-order valence-corrected chi connectivity index (χ0v) is 11.2. The lowest BCUT2D eigenvalue weighted by molar-refractivity contribution is -0.146. The van der Waals surface area contributed by atoms with Gasteiger partial charge in [-0.15, -0.1) is 0 Å². The smallest absolute Gasteiger partial charge is 0.307 e. The molecule has 0 spiro atoms. The molecule has 0 aliphatic heterocycles. The van der Waals surface area contributed by atoms with E-state index < -0.39 is 17.8 Å². The summed E-state index contributed by atoms with van der Waals surface area (Å²) < 4.78 is 0. The number of rotatable bonds is 4. The van der Waals surface area contributed by atoms with Crippen molar-refractivity contribution in [3.05, 3.63) is 0 Å². The number of nitrogens with one attached hydrogen (secondary N) is 1. The molecular weight excluding hydrogens is 246 g/mol. The quantitative estimate of drug-likeness (QED) is 0.714. The first-order valence-corrected chi connectivity index (χ1v) is 7.28. The minimum atomic E-state index is -0.865. The van der Waals surface area contributed by atoms with E-state index in [2.05, 4.69) is 5.32 Å². The molecule has 2 fully saturated rings. The van der Waals surface area contributed by atoms with E-state index in [0.717, 1.165) is 32.1 Å². The van der Waals surface area contributed by atoms with Crippen LogP contribution in [-0.4, -0.2) is 34.7 Å². The van der Waals surface area contributed by atoms with Crippen LogP contribution in [0, 0.1) is 17.8 Å². The Morgan fingerprint density at radius 2 is 1.68 bits per heavy atom. The molecule has 0 bridgehead atoms. The maximum atomic E-state index is 12.1. The highest BCUT2D eigenvalue weighted by Gasteiger charge is 2.38. The predicted molar refractivity (Wildman–Crippen MR) is 69.4 cm³/mol. The monoisotopic (exact) mass is 269 g/mol. The van der Waals surface area contributed by atoms with Crippen LogP contribution < -0.4 is 5.32 Å². The maximum Gasteiger partial charge on any atom is 0.307 e. The number of carbonyl (C=O) groups excluding carboxylic acids is 1. The summed E-state index contributed by atoms with van der Waals surface area (Å²) in [4.78, 5) is 23.1. The lowest BCUT2D eigenvalue weighted by atomic mass is 9.86. The Balaban J connectivity index is 1.82. The molecule has 2 aliphatic carbocycles. The number of amides is 1. The first-order valence-electron chi connectivity index (χ1n) is 7.28. The highest BCUT2D eigenvalue weighted by molar-refractivity contribution is 5.85. The summed E-state index contributed by atoms with van der Waals surface area (Å²) in [5, 5.41) is 21.8. The average Bonchev–Trinajstić information content (AvgIpc) is 2.87. The van der Waals surface area contributed by atoms with Crippen molar-refractivity contribution in [2.75, 3.05) is 6.54 Å². The Bertz CT molecular complexity index is 344. The molecule has 2 rings (SSSR count). The van der Waals surface area contributed by atoms with Gasteiger partial charge in [-0.1, -0.05) is 19.3 Å². The van der Waals surface area contributed by atoms with Crippen molar-refractivity contribution >= 4 is 11.9 Å². The van der Waals surface area contributed by atoms with Crippen molar-refractivity contribution in [1.82, 2.24) is 5.32 Å². The van der Waals surface area contributed by atoms with Gasteiger partial charge in [0.1, 0.15) is 0 Å². The van der Waals surface area contributed by atoms with Gasteiger partial charge in [-0.3, -0.25) is 9.59 Å². The standard InChI is InChI=1S/C14H23NO4/c16-12-7-2-1-4-9(12)8-15-13(17)10-5-3-6-11(10)14(18)19/h9-12,16H,1-8H2,(H,15,17)(H,18,19). The predicted octanol–water partition coefficient (Wildman–Crippen LogP) is 1.15. The zero-order chi connectivity index (χ0) is 13.8. The van der Waals surface area contributed by atoms with Crippen LogP contribution in [0.2, 0.25) is 0 Å². The van der Waals surface area contributed by atoms with Gasteiger partial charge in [-0.25, -0.2) is 0 Å². The van der Waals surface area contributed by atoms with Crippen LogP contribution in [0.5, 0.6) is 0 Å². The van der Waals surface area contributed by atoms with E-state index in [1.165, 1.54) is 0 Å². The molecule has 5 nitrogen and oxygen atoms in total. The van der Waals surface area contributed by atoms with E-state index in [-0.39, 0.29) is 17.9 Å². The Morgan fingerprint density at radius 3 is 2.37 bits per heavy atom. The molecule has 0 radical (unpaired) electrons. The van der Waals surface area contributed by atoms with Gasteiger partial charge in [-0.2, -0.15) is 0 Å². The Labute approximate surface area is 113 Å². The minimum absolute atomic E-state index is 0.127. The summed E-state index contributed by atoms with van der Waals surface area (Å²) in [6, 6.07) is 0. The number of hydrogen-bond acceptors (Lipinski definition) is 3. The fraction of sp³-hybridized carbons (Fsp3) is 0.857. The number of aliphatic carboxylic acids is 1. The van der Waals surface area contributed by atoms with Crippen molar-refractivity contribution < 1.29 is 19.8 Å². The number of hydrogen-bond donors (Lipinski definition) is 3. The van der Waals surface area contributed by atoms with Crippen LogP contribution in [0.15, 0.2) is 0 Å². The molecule has 0 aromatic carbocycles. The number of carboxylic acid groups (broad SMARTS) is 1. The van der Waals surface area contributed by atoms with E-state index in [1.807, 2.05) is 0 Å². The molecule has 0 aromatic rings. The van der Waals surface area contributed by atoms with E-state index >= 15 is 0 Å². The van der Waals surface area contributed by atoms with Crippen molar-refractivity contribution in [2.24, 2.45) is 17.8 Å². The third-order valence-electron chi connectivity index (χ3n) is 4.58. The van der Waals surface area contributed by atoms with Crippen LogP contribution in [0.25, 0.3) is 0 Å². The number of carbonyl (C=O) groups is 2. The maximum absolute atomic E-state index is 12.1. The first-order chi connectivity index (χ1) is 9.09. The van der Waals surface area contributed by atoms with Crippen molar-refractivity contribution in [3.8, 4) is 0 Å². The van der Waals surface area contributed by atoms with E-state index in [1.54, 1.807) is 0 Å². The van der Waals surface area contributed by atoms with Crippen molar-refractivity contribution in [2.45, 2.75) is 51.0 Å². The number of aliphatic hydroxyl groups excluding tert-OH is 1. The molecule has 3 N–H and O–H groups in total. The van der Waals surface area contributed by atoms with E-state index in [9.17, 15) is 14.7 Å². The van der Waals surface area contributed by atoms with Gasteiger partial charge in [0.2, 0.25) is 5.91 Å². The van der Waals surface area contributed by atoms with E-state index in [4.69, 9.17) is 5.11 Å². The fourth-order valence-electron chi connectivity index (χ4n) is 3.36. The number of aliphatic hydroxyl groups is 1. The Hall–Kier alpha value is -1.10. The molecule has 4 atom stereocenters. The molecule has 2 aliphatic rings. The molecule has 0 saturated heterocycles. The Morgan fingerprint density at radius 1 is 1.00 bits per heavy atom. The molecular formula is C14H23NO4. The van der Waals surface area contributed by atoms with E-state index in [0.29, 0.717) is 19.4 Å². The molecule has 0 heterocycles. The molecule has 0 aromatic heterocycles. The Kier molecular flexibility index (Phi) is 4.80.